The van der Waals surface area contributed by atoms with E-state index in [2.05, 4.69) is 4.99 Å². The van der Waals surface area contributed by atoms with E-state index < -0.39 is 33.5 Å². The van der Waals surface area contributed by atoms with Gasteiger partial charge in [-0.3, -0.25) is 4.79 Å². The van der Waals surface area contributed by atoms with Gasteiger partial charge in [0.15, 0.2) is 15.0 Å². The summed E-state index contributed by atoms with van der Waals surface area (Å²) in [6, 6.07) is 13.1. The number of fused-ring (bicyclic) bond motifs is 1. The van der Waals surface area contributed by atoms with E-state index in [1.54, 1.807) is 24.3 Å². The fraction of sp³-hybridized carbons (Fsp3) is 0.300. The maximum absolute atomic E-state index is 13.2. The Morgan fingerprint density at radius 2 is 1.83 bits per heavy atom. The number of alkyl halides is 3. The van der Waals surface area contributed by atoms with Crippen molar-refractivity contribution in [2.45, 2.75) is 23.9 Å². The Balaban J connectivity index is 1.69. The number of halogens is 3. The molecule has 2 aliphatic heterocycles. The number of carbonyl (C=O) groups excluding carboxylic acids is 1. The monoisotopic (exact) mass is 454 g/mol. The van der Waals surface area contributed by atoms with Crippen molar-refractivity contribution in [2.24, 2.45) is 4.99 Å². The van der Waals surface area contributed by atoms with Gasteiger partial charge in [0.05, 0.1) is 29.5 Å². The summed E-state index contributed by atoms with van der Waals surface area (Å²) in [7, 11) is -3.31. The van der Waals surface area contributed by atoms with Gasteiger partial charge >= 0.3 is 6.18 Å². The van der Waals surface area contributed by atoms with Crippen LogP contribution in [0.3, 0.4) is 0 Å². The van der Waals surface area contributed by atoms with Gasteiger partial charge < -0.3 is 4.90 Å². The van der Waals surface area contributed by atoms with Crippen molar-refractivity contribution in [1.82, 2.24) is 0 Å². The first kappa shape index (κ1) is 20.9. The minimum atomic E-state index is -4.54. The Labute approximate surface area is 175 Å². The van der Waals surface area contributed by atoms with Crippen LogP contribution in [0, 0.1) is 0 Å². The molecule has 4 rings (SSSR count). The summed E-state index contributed by atoms with van der Waals surface area (Å²) in [5, 5.41) is -0.145. The standard InChI is InChI=1S/C20H17F3N2O3S2/c21-20(22,23)14-7-4-8-15(10-14)25-16-11-30(27,28)12-17(16)29-19(25)24-18(26)9-13-5-2-1-3-6-13/h1-8,10,16-17H,9,11-12H2/t16-,17+/m0/s1. The highest BCUT2D eigenvalue weighted by Crippen LogP contribution is 2.42. The quantitative estimate of drug-likeness (QED) is 0.710. The van der Waals surface area contributed by atoms with Crippen LogP contribution in [0.2, 0.25) is 0 Å². The van der Waals surface area contributed by atoms with Crippen molar-refractivity contribution in [3.8, 4) is 0 Å². The summed E-state index contributed by atoms with van der Waals surface area (Å²) < 4.78 is 63.8. The third-order valence-corrected chi connectivity index (χ3v) is 8.15. The second kappa shape index (κ2) is 7.73. The van der Waals surface area contributed by atoms with Crippen LogP contribution in [-0.4, -0.2) is 42.3 Å². The number of nitrogens with zero attached hydrogens (tertiary/aromatic N) is 2. The van der Waals surface area contributed by atoms with Gasteiger partial charge in [-0.05, 0) is 23.8 Å². The zero-order valence-corrected chi connectivity index (χ0v) is 17.2. The lowest BCUT2D eigenvalue weighted by Crippen LogP contribution is -2.38. The minimum Gasteiger partial charge on any atom is -0.316 e. The van der Waals surface area contributed by atoms with Gasteiger partial charge in [-0.15, -0.1) is 0 Å². The van der Waals surface area contributed by atoms with Crippen LogP contribution in [0.25, 0.3) is 0 Å². The van der Waals surface area contributed by atoms with E-state index in [4.69, 9.17) is 0 Å². The van der Waals surface area contributed by atoms with E-state index in [-0.39, 0.29) is 34.0 Å². The Bertz CT molecular complexity index is 1100. The summed E-state index contributed by atoms with van der Waals surface area (Å²) >= 11 is 1.13. The van der Waals surface area contributed by atoms with Crippen LogP contribution < -0.4 is 4.90 Å². The molecule has 2 saturated heterocycles. The molecule has 2 atom stereocenters. The summed E-state index contributed by atoms with van der Waals surface area (Å²) in [5.74, 6) is -0.722. The minimum absolute atomic E-state index is 0.0506. The number of anilines is 1. The molecule has 2 heterocycles. The van der Waals surface area contributed by atoms with Gasteiger partial charge in [-0.25, -0.2) is 8.42 Å². The largest absolute Gasteiger partial charge is 0.416 e. The number of amides is 1. The molecule has 2 aromatic rings. The molecule has 0 aliphatic carbocycles. The van der Waals surface area contributed by atoms with Gasteiger partial charge in [-0.1, -0.05) is 48.2 Å². The molecule has 0 bridgehead atoms. The third-order valence-electron chi connectivity index (χ3n) is 4.94. The molecule has 0 aromatic heterocycles. The molecular weight excluding hydrogens is 437 g/mol. The SMILES string of the molecule is O=C(Cc1ccccc1)N=C1S[C@@H]2CS(=O)(=O)C[C@@H]2N1c1cccc(C(F)(F)F)c1. The fourth-order valence-electron chi connectivity index (χ4n) is 3.62. The van der Waals surface area contributed by atoms with Crippen LogP contribution in [0.1, 0.15) is 11.1 Å². The summed E-state index contributed by atoms with van der Waals surface area (Å²) in [6.45, 7) is 0. The smallest absolute Gasteiger partial charge is 0.316 e. The maximum Gasteiger partial charge on any atom is 0.416 e. The first-order valence-corrected chi connectivity index (χ1v) is 11.8. The average molecular weight is 454 g/mol. The molecular formula is C20H17F3N2O3S2. The van der Waals surface area contributed by atoms with Gasteiger partial charge in [0, 0.05) is 10.9 Å². The molecule has 10 heteroatoms. The number of aliphatic imine (C=N–C) groups is 1. The van der Waals surface area contributed by atoms with Crippen molar-refractivity contribution >= 4 is 38.4 Å². The van der Waals surface area contributed by atoms with E-state index in [0.717, 1.165) is 29.5 Å². The van der Waals surface area contributed by atoms with Crippen molar-refractivity contribution in [2.75, 3.05) is 16.4 Å². The number of rotatable bonds is 3. The highest BCUT2D eigenvalue weighted by atomic mass is 32.2. The molecule has 1 amide bonds. The zero-order valence-electron chi connectivity index (χ0n) is 15.5. The van der Waals surface area contributed by atoms with E-state index in [9.17, 15) is 26.4 Å². The Kier molecular flexibility index (Phi) is 5.39. The normalized spacial score (nSPS) is 24.2. The zero-order chi connectivity index (χ0) is 21.5. The molecule has 0 N–H and O–H groups in total. The summed E-state index contributed by atoms with van der Waals surface area (Å²) in [4.78, 5) is 18.1. The van der Waals surface area contributed by atoms with E-state index >= 15 is 0 Å². The molecule has 2 fully saturated rings. The Morgan fingerprint density at radius 3 is 2.53 bits per heavy atom. The first-order valence-electron chi connectivity index (χ1n) is 9.11. The van der Waals surface area contributed by atoms with Crippen LogP contribution in [0.4, 0.5) is 18.9 Å². The van der Waals surface area contributed by atoms with E-state index in [1.807, 2.05) is 6.07 Å². The molecule has 5 nitrogen and oxygen atoms in total. The summed E-state index contributed by atoms with van der Waals surface area (Å²) in [6.07, 6.45) is -4.49. The Morgan fingerprint density at radius 1 is 1.10 bits per heavy atom. The van der Waals surface area contributed by atoms with Gasteiger partial charge in [0.25, 0.3) is 5.91 Å². The Hall–Kier alpha value is -2.33. The van der Waals surface area contributed by atoms with Crippen LogP contribution in [-0.2, 0) is 27.2 Å². The van der Waals surface area contributed by atoms with Gasteiger partial charge in [-0.2, -0.15) is 18.2 Å². The van der Waals surface area contributed by atoms with Crippen molar-refractivity contribution in [1.29, 1.82) is 0 Å². The van der Waals surface area contributed by atoms with Crippen LogP contribution in [0.5, 0.6) is 0 Å². The molecule has 0 spiro atoms. The highest BCUT2D eigenvalue weighted by molar-refractivity contribution is 8.16. The predicted molar refractivity (Wildman–Crippen MR) is 110 cm³/mol. The predicted octanol–water partition coefficient (Wildman–Crippen LogP) is 3.55. The lowest BCUT2D eigenvalue weighted by Gasteiger charge is -2.25. The number of carbonyl (C=O) groups is 1. The third kappa shape index (κ3) is 4.39. The second-order valence-electron chi connectivity index (χ2n) is 7.17. The van der Waals surface area contributed by atoms with Crippen molar-refractivity contribution in [3.05, 3.63) is 65.7 Å². The van der Waals surface area contributed by atoms with E-state index in [0.29, 0.717) is 0 Å². The van der Waals surface area contributed by atoms with Gasteiger partial charge in [0.2, 0.25) is 0 Å². The number of thioether (sulfide) groups is 1. The average Bonchev–Trinajstić information content (AvgIpc) is 3.12. The van der Waals surface area contributed by atoms with Crippen molar-refractivity contribution in [3.63, 3.8) is 0 Å². The molecule has 2 aromatic carbocycles. The maximum atomic E-state index is 13.2. The molecule has 158 valence electrons. The molecule has 0 unspecified atom stereocenters. The summed E-state index contributed by atoms with van der Waals surface area (Å²) in [5.41, 5.74) is 0.0979. The van der Waals surface area contributed by atoms with Crippen LogP contribution >= 0.6 is 11.8 Å². The number of amidine groups is 1. The number of benzene rings is 2. The molecule has 0 radical (unpaired) electrons. The van der Waals surface area contributed by atoms with Crippen molar-refractivity contribution < 1.29 is 26.4 Å². The molecule has 2 aliphatic rings. The van der Waals surface area contributed by atoms with E-state index in [1.165, 1.54) is 17.0 Å². The lowest BCUT2D eigenvalue weighted by atomic mass is 10.1. The van der Waals surface area contributed by atoms with Gasteiger partial charge in [0.1, 0.15) is 0 Å². The highest BCUT2D eigenvalue weighted by Gasteiger charge is 2.49. The van der Waals surface area contributed by atoms with Crippen LogP contribution in [0.15, 0.2) is 59.6 Å². The molecule has 0 saturated carbocycles. The molecule has 30 heavy (non-hydrogen) atoms. The number of hydrogen-bond donors (Lipinski definition) is 0. The fourth-order valence-corrected chi connectivity index (χ4v) is 7.55. The first-order chi connectivity index (χ1) is 14.1. The second-order valence-corrected chi connectivity index (χ2v) is 10.5. The lowest BCUT2D eigenvalue weighted by molar-refractivity contribution is -0.137. The number of sulfone groups is 1. The topological polar surface area (TPSA) is 66.8 Å². The number of hydrogen-bond acceptors (Lipinski definition) is 4.